The minimum absolute atomic E-state index is 0.142. The van der Waals surface area contributed by atoms with E-state index >= 15 is 0 Å². The minimum Gasteiger partial charge on any atom is -0.320 e. The Morgan fingerprint density at radius 3 is 2.41 bits per heavy atom. The number of nitrogens with zero attached hydrogens (tertiary/aromatic N) is 2. The molecule has 0 aliphatic heterocycles. The summed E-state index contributed by atoms with van der Waals surface area (Å²) in [4.78, 5) is 37.4. The second-order valence-electron chi connectivity index (χ2n) is 6.33. The van der Waals surface area contributed by atoms with Gasteiger partial charge in [0.25, 0.3) is 11.5 Å². The van der Waals surface area contributed by atoms with Crippen LogP contribution >= 0.6 is 0 Å². The van der Waals surface area contributed by atoms with Gasteiger partial charge in [-0.15, -0.1) is 0 Å². The standard InChI is InChI=1S/C21H21N3O3/c1-3-4-13-24-21(27)17-11-6-5-10-16(17)19(23-24)20(26)22-18-12-8-7-9-15(18)14(2)25/h5-12H,3-4,13H2,1-2H3,(H,22,26). The lowest BCUT2D eigenvalue weighted by Crippen LogP contribution is -2.28. The molecule has 3 aromatic rings. The van der Waals surface area contributed by atoms with Gasteiger partial charge in [0.05, 0.1) is 11.1 Å². The smallest absolute Gasteiger partial charge is 0.276 e. The number of aryl methyl sites for hydroxylation is 1. The van der Waals surface area contributed by atoms with Crippen molar-refractivity contribution < 1.29 is 9.59 Å². The first-order chi connectivity index (χ1) is 13.0. The van der Waals surface area contributed by atoms with Crippen LogP contribution in [0.3, 0.4) is 0 Å². The van der Waals surface area contributed by atoms with Crippen LogP contribution in [0.2, 0.25) is 0 Å². The molecule has 1 N–H and O–H groups in total. The van der Waals surface area contributed by atoms with E-state index in [2.05, 4.69) is 10.4 Å². The van der Waals surface area contributed by atoms with Gasteiger partial charge in [-0.1, -0.05) is 43.7 Å². The van der Waals surface area contributed by atoms with Crippen molar-refractivity contribution >= 4 is 28.2 Å². The number of anilines is 1. The van der Waals surface area contributed by atoms with Crippen molar-refractivity contribution in [3.8, 4) is 0 Å². The van der Waals surface area contributed by atoms with E-state index in [1.165, 1.54) is 11.6 Å². The van der Waals surface area contributed by atoms with E-state index in [4.69, 9.17) is 0 Å². The molecule has 6 heteroatoms. The van der Waals surface area contributed by atoms with Gasteiger partial charge in [0.2, 0.25) is 0 Å². The molecule has 0 spiro atoms. The quantitative estimate of drug-likeness (QED) is 0.678. The second-order valence-corrected chi connectivity index (χ2v) is 6.33. The van der Waals surface area contributed by atoms with Crippen LogP contribution in [-0.2, 0) is 6.54 Å². The van der Waals surface area contributed by atoms with E-state index in [0.29, 0.717) is 28.6 Å². The number of hydrogen-bond donors (Lipinski definition) is 1. The Morgan fingerprint density at radius 1 is 1.04 bits per heavy atom. The molecule has 138 valence electrons. The summed E-state index contributed by atoms with van der Waals surface area (Å²) in [6.07, 6.45) is 1.70. The number of nitrogens with one attached hydrogen (secondary N) is 1. The SMILES string of the molecule is CCCCn1nc(C(=O)Nc2ccccc2C(C)=O)c2ccccc2c1=O. The lowest BCUT2D eigenvalue weighted by molar-refractivity contribution is 0.101. The highest BCUT2D eigenvalue weighted by molar-refractivity contribution is 6.13. The van der Waals surface area contributed by atoms with Gasteiger partial charge in [0.15, 0.2) is 11.5 Å². The average molecular weight is 363 g/mol. The summed E-state index contributed by atoms with van der Waals surface area (Å²) in [5.41, 5.74) is 0.807. The predicted molar refractivity (Wildman–Crippen MR) is 105 cm³/mol. The van der Waals surface area contributed by atoms with Crippen molar-refractivity contribution in [2.24, 2.45) is 0 Å². The molecule has 6 nitrogen and oxygen atoms in total. The molecule has 1 heterocycles. The molecule has 0 saturated carbocycles. The number of carbonyl (C=O) groups excluding carboxylic acids is 2. The summed E-state index contributed by atoms with van der Waals surface area (Å²) >= 11 is 0. The molecule has 27 heavy (non-hydrogen) atoms. The maximum Gasteiger partial charge on any atom is 0.276 e. The van der Waals surface area contributed by atoms with E-state index in [1.807, 2.05) is 6.92 Å². The van der Waals surface area contributed by atoms with Crippen LogP contribution in [0.1, 0.15) is 47.5 Å². The molecular weight excluding hydrogens is 342 g/mol. The first-order valence-corrected chi connectivity index (χ1v) is 8.94. The summed E-state index contributed by atoms with van der Waals surface area (Å²) in [7, 11) is 0. The summed E-state index contributed by atoms with van der Waals surface area (Å²) in [5.74, 6) is -0.596. The molecule has 0 unspecified atom stereocenters. The topological polar surface area (TPSA) is 81.1 Å². The molecule has 3 rings (SSSR count). The third kappa shape index (κ3) is 3.79. The molecule has 1 aromatic heterocycles. The van der Waals surface area contributed by atoms with Crippen molar-refractivity contribution in [3.63, 3.8) is 0 Å². The zero-order valence-corrected chi connectivity index (χ0v) is 15.4. The fourth-order valence-corrected chi connectivity index (χ4v) is 2.94. The molecule has 1 amide bonds. The van der Waals surface area contributed by atoms with Crippen LogP contribution in [0.5, 0.6) is 0 Å². The molecule has 0 fully saturated rings. The number of unbranched alkanes of at least 4 members (excludes halogenated alkanes) is 1. The number of para-hydroxylation sites is 1. The maximum atomic E-state index is 12.9. The highest BCUT2D eigenvalue weighted by Gasteiger charge is 2.18. The fourth-order valence-electron chi connectivity index (χ4n) is 2.94. The average Bonchev–Trinajstić information content (AvgIpc) is 2.68. The summed E-state index contributed by atoms with van der Waals surface area (Å²) in [6, 6.07) is 13.7. The van der Waals surface area contributed by atoms with Gasteiger partial charge in [-0.25, -0.2) is 4.68 Å². The zero-order chi connectivity index (χ0) is 19.4. The lowest BCUT2D eigenvalue weighted by atomic mass is 10.1. The largest absolute Gasteiger partial charge is 0.320 e. The highest BCUT2D eigenvalue weighted by atomic mass is 16.2. The molecule has 0 saturated heterocycles. The van der Waals surface area contributed by atoms with Crippen LogP contribution in [0.4, 0.5) is 5.69 Å². The zero-order valence-electron chi connectivity index (χ0n) is 15.4. The molecule has 0 radical (unpaired) electrons. The van der Waals surface area contributed by atoms with E-state index < -0.39 is 5.91 Å². The normalized spacial score (nSPS) is 10.7. The van der Waals surface area contributed by atoms with Gasteiger partial charge >= 0.3 is 0 Å². The summed E-state index contributed by atoms with van der Waals surface area (Å²) < 4.78 is 1.34. The Morgan fingerprint density at radius 2 is 1.70 bits per heavy atom. The number of carbonyl (C=O) groups is 2. The van der Waals surface area contributed by atoms with Crippen LogP contribution in [0.15, 0.2) is 53.3 Å². The number of fused-ring (bicyclic) bond motifs is 1. The van der Waals surface area contributed by atoms with Crippen LogP contribution in [0, 0.1) is 0 Å². The van der Waals surface area contributed by atoms with Crippen molar-refractivity contribution in [2.45, 2.75) is 33.2 Å². The van der Waals surface area contributed by atoms with Gasteiger partial charge in [0, 0.05) is 17.5 Å². The van der Waals surface area contributed by atoms with Gasteiger partial charge < -0.3 is 5.32 Å². The van der Waals surface area contributed by atoms with Crippen LogP contribution in [0.25, 0.3) is 10.8 Å². The first kappa shape index (κ1) is 18.5. The molecule has 0 atom stereocenters. The Kier molecular flexibility index (Phi) is 5.45. The molecule has 2 aromatic carbocycles. The Balaban J connectivity index is 2.08. The van der Waals surface area contributed by atoms with Crippen LogP contribution in [-0.4, -0.2) is 21.5 Å². The number of hydrogen-bond acceptors (Lipinski definition) is 4. The molecule has 0 aliphatic carbocycles. The predicted octanol–water partition coefficient (Wildman–Crippen LogP) is 3.65. The number of rotatable bonds is 6. The van der Waals surface area contributed by atoms with E-state index in [-0.39, 0.29) is 17.0 Å². The van der Waals surface area contributed by atoms with Gasteiger partial charge in [-0.2, -0.15) is 5.10 Å². The monoisotopic (exact) mass is 363 g/mol. The number of ketones is 1. The number of amides is 1. The molecular formula is C21H21N3O3. The molecule has 0 bridgehead atoms. The lowest BCUT2D eigenvalue weighted by Gasteiger charge is -2.12. The first-order valence-electron chi connectivity index (χ1n) is 8.94. The van der Waals surface area contributed by atoms with Gasteiger partial charge in [0.1, 0.15) is 0 Å². The van der Waals surface area contributed by atoms with Crippen molar-refractivity contribution in [2.75, 3.05) is 5.32 Å². The number of benzene rings is 2. The van der Waals surface area contributed by atoms with E-state index in [0.717, 1.165) is 12.8 Å². The number of aromatic nitrogens is 2. The maximum absolute atomic E-state index is 12.9. The van der Waals surface area contributed by atoms with Crippen molar-refractivity contribution in [1.29, 1.82) is 0 Å². The van der Waals surface area contributed by atoms with Crippen molar-refractivity contribution in [1.82, 2.24) is 9.78 Å². The third-order valence-electron chi connectivity index (χ3n) is 4.36. The summed E-state index contributed by atoms with van der Waals surface area (Å²) in [6.45, 7) is 3.92. The Bertz CT molecular complexity index is 1070. The Labute approximate surface area is 156 Å². The fraction of sp³-hybridized carbons (Fsp3) is 0.238. The van der Waals surface area contributed by atoms with Gasteiger partial charge in [-0.05, 0) is 31.5 Å². The highest BCUT2D eigenvalue weighted by Crippen LogP contribution is 2.19. The molecule has 0 aliphatic rings. The van der Waals surface area contributed by atoms with E-state index in [1.54, 1.807) is 48.5 Å². The number of Topliss-reactive ketones (excluding diaryl/α,β-unsaturated/α-hetero) is 1. The summed E-state index contributed by atoms with van der Waals surface area (Å²) in [5, 5.41) is 8.03. The van der Waals surface area contributed by atoms with E-state index in [9.17, 15) is 14.4 Å². The van der Waals surface area contributed by atoms with Crippen LogP contribution < -0.4 is 10.9 Å². The van der Waals surface area contributed by atoms with Crippen molar-refractivity contribution in [3.05, 3.63) is 70.1 Å². The van der Waals surface area contributed by atoms with Gasteiger partial charge in [-0.3, -0.25) is 14.4 Å². The second kappa shape index (κ2) is 7.95. The minimum atomic E-state index is -0.454. The third-order valence-corrected chi connectivity index (χ3v) is 4.36. The Hall–Kier alpha value is -3.28.